The molecule has 344 valence electrons. The molecule has 2 saturated heterocycles. The zero-order valence-electron chi connectivity index (χ0n) is 38.8. The number of carboxylic acid groups (broad SMARTS) is 1. The molecular formula is C59H59N5O4. The van der Waals surface area contributed by atoms with E-state index < -0.39 is 5.97 Å². The number of aryl methyl sites for hydroxylation is 2. The summed E-state index contributed by atoms with van der Waals surface area (Å²) in [7, 11) is 0. The van der Waals surface area contributed by atoms with Crippen molar-refractivity contribution in [2.75, 3.05) is 78.8 Å². The van der Waals surface area contributed by atoms with Crippen LogP contribution in [0.4, 0.5) is 39.8 Å². The van der Waals surface area contributed by atoms with Crippen molar-refractivity contribution in [2.24, 2.45) is 0 Å². The average Bonchev–Trinajstić information content (AvgIpc) is 3.40. The van der Waals surface area contributed by atoms with Crippen molar-refractivity contribution in [2.45, 2.75) is 13.8 Å². The first-order chi connectivity index (χ1) is 33.3. The van der Waals surface area contributed by atoms with Crippen LogP contribution in [0.2, 0.25) is 0 Å². The van der Waals surface area contributed by atoms with E-state index in [0.29, 0.717) is 5.69 Å². The van der Waals surface area contributed by atoms with Gasteiger partial charge in [-0.3, -0.25) is 0 Å². The lowest BCUT2D eigenvalue weighted by Crippen LogP contribution is -2.36. The molecule has 8 aromatic carbocycles. The normalized spacial score (nSPS) is 13.3. The van der Waals surface area contributed by atoms with Gasteiger partial charge in [-0.05, 0) is 131 Å². The van der Waals surface area contributed by atoms with E-state index in [1.807, 2.05) is 91.9 Å². The van der Waals surface area contributed by atoms with Crippen LogP contribution < -0.4 is 26.2 Å². The summed E-state index contributed by atoms with van der Waals surface area (Å²) in [6.07, 6.45) is 0. The fourth-order valence-electron chi connectivity index (χ4n) is 8.13. The Morgan fingerprint density at radius 2 is 0.838 bits per heavy atom. The molecule has 2 aliphatic rings. The molecular weight excluding hydrogens is 843 g/mol. The number of nitrogen functional groups attached to an aromatic ring is 1. The van der Waals surface area contributed by atoms with Gasteiger partial charge in [-0.25, -0.2) is 4.79 Å². The van der Waals surface area contributed by atoms with Crippen molar-refractivity contribution in [3.05, 3.63) is 211 Å². The Balaban J connectivity index is 0.000000145. The van der Waals surface area contributed by atoms with E-state index in [-0.39, 0.29) is 5.56 Å². The summed E-state index contributed by atoms with van der Waals surface area (Å²) in [4.78, 5) is 16.3. The molecule has 0 unspecified atom stereocenters. The number of nitrogens with zero attached hydrogens (tertiary/aromatic N) is 2. The molecule has 0 aliphatic carbocycles. The first kappa shape index (κ1) is 46.7. The summed E-state index contributed by atoms with van der Waals surface area (Å²) < 4.78 is 10.8. The highest BCUT2D eigenvalue weighted by molar-refractivity contribution is 5.96. The Kier molecular flexibility index (Phi) is 15.8. The van der Waals surface area contributed by atoms with Gasteiger partial charge >= 0.3 is 5.97 Å². The van der Waals surface area contributed by atoms with Crippen LogP contribution in [0.1, 0.15) is 21.5 Å². The van der Waals surface area contributed by atoms with Gasteiger partial charge in [0, 0.05) is 60.3 Å². The van der Waals surface area contributed by atoms with Crippen molar-refractivity contribution in [1.82, 2.24) is 0 Å². The molecule has 0 spiro atoms. The predicted octanol–water partition coefficient (Wildman–Crippen LogP) is 13.1. The predicted molar refractivity (Wildman–Crippen MR) is 282 cm³/mol. The second-order valence-corrected chi connectivity index (χ2v) is 16.8. The monoisotopic (exact) mass is 901 g/mol. The van der Waals surface area contributed by atoms with Crippen molar-refractivity contribution >= 4 is 45.8 Å². The molecule has 9 nitrogen and oxygen atoms in total. The second kappa shape index (κ2) is 23.1. The van der Waals surface area contributed by atoms with Gasteiger partial charge in [0.15, 0.2) is 0 Å². The molecule has 0 radical (unpaired) electrons. The number of morpholine rings is 2. The molecule has 2 fully saturated rings. The van der Waals surface area contributed by atoms with Crippen LogP contribution in [0, 0.1) is 13.8 Å². The lowest BCUT2D eigenvalue weighted by atomic mass is 10.0. The largest absolute Gasteiger partial charge is 0.478 e. The molecule has 68 heavy (non-hydrogen) atoms. The Morgan fingerprint density at radius 1 is 0.456 bits per heavy atom. The van der Waals surface area contributed by atoms with E-state index >= 15 is 0 Å². The third kappa shape index (κ3) is 12.5. The molecule has 0 aromatic heterocycles. The van der Waals surface area contributed by atoms with Crippen LogP contribution >= 0.6 is 0 Å². The van der Waals surface area contributed by atoms with E-state index in [1.54, 1.807) is 6.07 Å². The van der Waals surface area contributed by atoms with Crippen LogP contribution in [0.3, 0.4) is 0 Å². The van der Waals surface area contributed by atoms with E-state index in [4.69, 9.17) is 15.2 Å². The van der Waals surface area contributed by atoms with Gasteiger partial charge in [-0.2, -0.15) is 0 Å². The Hall–Kier alpha value is -7.85. The van der Waals surface area contributed by atoms with Crippen molar-refractivity contribution in [3.63, 3.8) is 0 Å². The number of aromatic carboxylic acids is 1. The molecule has 8 aromatic rings. The maximum absolute atomic E-state index is 11.7. The average molecular weight is 902 g/mol. The number of anilines is 7. The Morgan fingerprint density at radius 3 is 1.26 bits per heavy atom. The maximum Gasteiger partial charge on any atom is 0.337 e. The number of hydrogen-bond donors (Lipinski definition) is 4. The first-order valence-corrected chi connectivity index (χ1v) is 23.2. The van der Waals surface area contributed by atoms with Crippen LogP contribution in [-0.2, 0) is 9.47 Å². The quantitative estimate of drug-likeness (QED) is 0.0997. The molecule has 2 heterocycles. The Bertz CT molecular complexity index is 2850. The number of carboxylic acids is 1. The summed E-state index contributed by atoms with van der Waals surface area (Å²) >= 11 is 0. The molecule has 10 rings (SSSR count). The van der Waals surface area contributed by atoms with Gasteiger partial charge in [0.05, 0.1) is 37.7 Å². The highest BCUT2D eigenvalue weighted by atomic mass is 16.5. The first-order valence-electron chi connectivity index (χ1n) is 23.2. The second-order valence-electron chi connectivity index (χ2n) is 16.8. The minimum Gasteiger partial charge on any atom is -0.478 e. The summed E-state index contributed by atoms with van der Waals surface area (Å²) in [6, 6.07) is 65.5. The Labute approximate surface area is 400 Å². The van der Waals surface area contributed by atoms with E-state index in [1.165, 1.54) is 33.5 Å². The highest BCUT2D eigenvalue weighted by Crippen LogP contribution is 2.31. The van der Waals surface area contributed by atoms with Crippen molar-refractivity contribution in [1.29, 1.82) is 0 Å². The van der Waals surface area contributed by atoms with Crippen LogP contribution in [0.25, 0.3) is 33.4 Å². The summed E-state index contributed by atoms with van der Waals surface area (Å²) in [5.74, 6) is -0.952. The van der Waals surface area contributed by atoms with Crippen LogP contribution in [0.15, 0.2) is 194 Å². The maximum atomic E-state index is 11.7. The fourth-order valence-corrected chi connectivity index (χ4v) is 8.13. The third-order valence-corrected chi connectivity index (χ3v) is 12.1. The number of rotatable bonds is 10. The molecule has 0 bridgehead atoms. The molecule has 9 heteroatoms. The lowest BCUT2D eigenvalue weighted by molar-refractivity contribution is 0.0698. The van der Waals surface area contributed by atoms with Gasteiger partial charge in [0.2, 0.25) is 0 Å². The van der Waals surface area contributed by atoms with E-state index in [9.17, 15) is 9.90 Å². The minimum atomic E-state index is -0.952. The molecule has 2 aliphatic heterocycles. The summed E-state index contributed by atoms with van der Waals surface area (Å²) in [5.41, 5.74) is 22.3. The minimum absolute atomic E-state index is 0.247. The molecule has 5 N–H and O–H groups in total. The molecule has 0 amide bonds. The van der Waals surface area contributed by atoms with Gasteiger partial charge in [0.25, 0.3) is 0 Å². The zero-order chi connectivity index (χ0) is 47.1. The number of carbonyl (C=O) groups is 1. The van der Waals surface area contributed by atoms with Crippen molar-refractivity contribution in [3.8, 4) is 33.4 Å². The smallest absolute Gasteiger partial charge is 0.337 e. The van der Waals surface area contributed by atoms with Crippen molar-refractivity contribution < 1.29 is 19.4 Å². The SMILES string of the molecule is Cc1ccc(-c2ccccc2)cc1N.Cc1ccc(-c2ccccc2)cc1Nc1ccc(N2CCOCC2)cc1.O=C(O)c1ccc(-c2ccccc2)cc1Nc1ccc(N2CCOCC2)cc1. The number of nitrogens with two attached hydrogens (primary N) is 1. The number of nitrogens with one attached hydrogen (secondary N) is 2. The van der Waals surface area contributed by atoms with Gasteiger partial charge in [-0.1, -0.05) is 121 Å². The zero-order valence-corrected chi connectivity index (χ0v) is 38.8. The number of hydrogen-bond acceptors (Lipinski definition) is 8. The third-order valence-electron chi connectivity index (χ3n) is 12.1. The molecule has 0 atom stereocenters. The van der Waals surface area contributed by atoms with E-state index in [2.05, 4.69) is 130 Å². The lowest BCUT2D eigenvalue weighted by Gasteiger charge is -2.29. The standard InChI is InChI=1S/C23H22N2O3.C23H24N2O.C13H13N/c26-23(27)21-11-6-18(17-4-2-1-3-5-17)16-22(21)24-19-7-9-20(10-8-19)25-12-14-28-15-13-25;1-18-7-8-20(19-5-3-2-4-6-19)17-23(18)24-21-9-11-22(12-10-21)25-13-15-26-16-14-25;1-10-7-8-12(9-13(10)14)11-5-3-2-4-6-11/h1-11,16,24H,12-15H2,(H,26,27);2-12,17,24H,13-16H2,1H3;2-9H,14H2,1H3. The van der Waals surface area contributed by atoms with Crippen LogP contribution in [0.5, 0.6) is 0 Å². The summed E-state index contributed by atoms with van der Waals surface area (Å²) in [5, 5.41) is 16.4. The topological polar surface area (TPSA) is 112 Å². The van der Waals surface area contributed by atoms with Crippen LogP contribution in [-0.4, -0.2) is 63.7 Å². The van der Waals surface area contributed by atoms with Gasteiger partial charge in [-0.15, -0.1) is 0 Å². The fraction of sp³-hybridized carbons (Fsp3) is 0.169. The van der Waals surface area contributed by atoms with Gasteiger partial charge in [0.1, 0.15) is 0 Å². The summed E-state index contributed by atoms with van der Waals surface area (Å²) in [6.45, 7) is 11.0. The highest BCUT2D eigenvalue weighted by Gasteiger charge is 2.15. The number of benzene rings is 8. The van der Waals surface area contributed by atoms with E-state index in [0.717, 1.165) is 97.7 Å². The molecule has 0 saturated carbocycles. The number of ether oxygens (including phenoxy) is 2. The van der Waals surface area contributed by atoms with Gasteiger partial charge < -0.3 is 40.7 Å².